The average Bonchev–Trinajstić information content (AvgIpc) is 2.45. The second-order valence-electron chi connectivity index (χ2n) is 5.40. The summed E-state index contributed by atoms with van der Waals surface area (Å²) >= 11 is 6.02. The van der Waals surface area contributed by atoms with E-state index in [0.29, 0.717) is 6.04 Å². The molecule has 0 aliphatic rings. The molecule has 2 aromatic rings. The molecule has 2 aromatic carbocycles. The van der Waals surface area contributed by atoms with Gasteiger partial charge in [-0.1, -0.05) is 41.1 Å². The first-order valence-electron chi connectivity index (χ1n) is 7.25. The lowest BCUT2D eigenvalue weighted by Gasteiger charge is -2.21. The molecule has 1 nitrogen and oxygen atoms in total. The van der Waals surface area contributed by atoms with E-state index in [2.05, 4.69) is 101 Å². The van der Waals surface area contributed by atoms with Gasteiger partial charge in [-0.25, -0.2) is 0 Å². The lowest BCUT2D eigenvalue weighted by atomic mass is 9.96. The molecule has 2 rings (SSSR count). The summed E-state index contributed by atoms with van der Waals surface area (Å²) < 4.78 is 2.45. The lowest BCUT2D eigenvalue weighted by molar-refractivity contribution is 0.547. The number of nitrogens with one attached hydrogen (secondary N) is 1. The molecule has 1 atom stereocenters. The van der Waals surface area contributed by atoms with Crippen LogP contribution in [-0.4, -0.2) is 6.54 Å². The molecule has 0 aromatic heterocycles. The Bertz CT molecular complexity index is 625. The Morgan fingerprint density at radius 2 is 1.86 bits per heavy atom. The Morgan fingerprint density at radius 1 is 1.10 bits per heavy atom. The number of aryl methyl sites for hydroxylation is 2. The van der Waals surface area contributed by atoms with Crippen molar-refractivity contribution >= 4 is 38.5 Å². The summed E-state index contributed by atoms with van der Waals surface area (Å²) in [5.74, 6) is 0. The van der Waals surface area contributed by atoms with Crippen LogP contribution >= 0.6 is 38.5 Å². The number of hydrogen-bond donors (Lipinski definition) is 1. The summed E-state index contributed by atoms with van der Waals surface area (Å²) in [5, 5.41) is 3.62. The molecule has 112 valence electrons. The van der Waals surface area contributed by atoms with Gasteiger partial charge in [0.1, 0.15) is 0 Å². The predicted octanol–water partition coefficient (Wildman–Crippen LogP) is 5.56. The molecular formula is C18H21BrIN. The van der Waals surface area contributed by atoms with Crippen LogP contribution in [-0.2, 0) is 6.42 Å². The van der Waals surface area contributed by atoms with Crippen molar-refractivity contribution in [2.45, 2.75) is 33.2 Å². The van der Waals surface area contributed by atoms with Crippen molar-refractivity contribution in [3.8, 4) is 0 Å². The van der Waals surface area contributed by atoms with Crippen LogP contribution in [0.4, 0.5) is 0 Å². The molecule has 3 heteroatoms. The summed E-state index contributed by atoms with van der Waals surface area (Å²) in [6.45, 7) is 7.48. The van der Waals surface area contributed by atoms with E-state index in [9.17, 15) is 0 Å². The molecule has 0 aliphatic heterocycles. The highest BCUT2D eigenvalue weighted by Crippen LogP contribution is 2.27. The van der Waals surface area contributed by atoms with Gasteiger partial charge in [0, 0.05) is 14.1 Å². The first-order valence-corrected chi connectivity index (χ1v) is 9.13. The van der Waals surface area contributed by atoms with Crippen molar-refractivity contribution < 1.29 is 0 Å². The second kappa shape index (κ2) is 7.75. The highest BCUT2D eigenvalue weighted by atomic mass is 127. The van der Waals surface area contributed by atoms with Gasteiger partial charge in [-0.15, -0.1) is 0 Å². The molecule has 0 radical (unpaired) electrons. The minimum atomic E-state index is 0.349. The maximum atomic E-state index is 3.62. The maximum Gasteiger partial charge on any atom is 0.0371 e. The molecule has 0 heterocycles. The van der Waals surface area contributed by atoms with Crippen LogP contribution in [0.1, 0.15) is 35.2 Å². The minimum absolute atomic E-state index is 0.349. The molecule has 1 unspecified atom stereocenters. The molecule has 0 fully saturated rings. The number of rotatable bonds is 5. The Hall–Kier alpha value is -0.390. The molecule has 0 spiro atoms. The number of hydrogen-bond acceptors (Lipinski definition) is 1. The van der Waals surface area contributed by atoms with Crippen molar-refractivity contribution in [2.75, 3.05) is 6.54 Å². The van der Waals surface area contributed by atoms with E-state index in [4.69, 9.17) is 0 Å². The van der Waals surface area contributed by atoms with Crippen LogP contribution in [0.5, 0.6) is 0 Å². The van der Waals surface area contributed by atoms with Gasteiger partial charge in [0.15, 0.2) is 0 Å². The zero-order chi connectivity index (χ0) is 15.4. The summed E-state index contributed by atoms with van der Waals surface area (Å²) in [6, 6.07) is 13.6. The predicted molar refractivity (Wildman–Crippen MR) is 103 cm³/mol. The average molecular weight is 458 g/mol. The number of likely N-dealkylation sites (N-methyl/N-ethyl adjacent to an activating group) is 1. The van der Waals surface area contributed by atoms with E-state index in [1.807, 2.05) is 0 Å². The third kappa shape index (κ3) is 4.54. The fraction of sp³-hybridized carbons (Fsp3) is 0.333. The number of benzene rings is 2. The van der Waals surface area contributed by atoms with Gasteiger partial charge in [0.25, 0.3) is 0 Å². The van der Waals surface area contributed by atoms with E-state index in [1.54, 1.807) is 0 Å². The van der Waals surface area contributed by atoms with Crippen LogP contribution in [0.3, 0.4) is 0 Å². The smallest absolute Gasteiger partial charge is 0.0371 e. The van der Waals surface area contributed by atoms with E-state index in [1.165, 1.54) is 25.8 Å². The van der Waals surface area contributed by atoms with Crippen molar-refractivity contribution in [1.29, 1.82) is 0 Å². The van der Waals surface area contributed by atoms with Gasteiger partial charge < -0.3 is 5.32 Å². The fourth-order valence-corrected chi connectivity index (χ4v) is 3.58. The Balaban J connectivity index is 2.30. The van der Waals surface area contributed by atoms with Gasteiger partial charge in [0.05, 0.1) is 0 Å². The van der Waals surface area contributed by atoms with Crippen molar-refractivity contribution in [2.24, 2.45) is 0 Å². The summed E-state index contributed by atoms with van der Waals surface area (Å²) in [4.78, 5) is 0. The van der Waals surface area contributed by atoms with Crippen LogP contribution < -0.4 is 5.32 Å². The topological polar surface area (TPSA) is 12.0 Å². The van der Waals surface area contributed by atoms with E-state index < -0.39 is 0 Å². The Labute approximate surface area is 149 Å². The van der Waals surface area contributed by atoms with Crippen LogP contribution in [0.2, 0.25) is 0 Å². The van der Waals surface area contributed by atoms with Crippen molar-refractivity contribution in [3.63, 3.8) is 0 Å². The summed E-state index contributed by atoms with van der Waals surface area (Å²) in [6.07, 6.45) is 1.02. The molecule has 0 aliphatic carbocycles. The van der Waals surface area contributed by atoms with E-state index >= 15 is 0 Å². The highest BCUT2D eigenvalue weighted by molar-refractivity contribution is 14.1. The molecule has 21 heavy (non-hydrogen) atoms. The Kier molecular flexibility index (Phi) is 6.26. The minimum Gasteiger partial charge on any atom is -0.310 e. The fourth-order valence-electron chi connectivity index (χ4n) is 2.49. The summed E-state index contributed by atoms with van der Waals surface area (Å²) in [5.41, 5.74) is 5.48. The van der Waals surface area contributed by atoms with Gasteiger partial charge in [-0.2, -0.15) is 0 Å². The molecule has 1 N–H and O–H groups in total. The molecule has 0 amide bonds. The zero-order valence-corrected chi connectivity index (χ0v) is 16.5. The standard InChI is InChI=1S/C18H21BrIN/c1-4-21-18(16-11-15(19)7-8-17(16)20)10-14-6-5-12(2)13(3)9-14/h5-9,11,18,21H,4,10H2,1-3H3. The maximum absolute atomic E-state index is 3.62. The zero-order valence-electron chi connectivity index (χ0n) is 12.7. The van der Waals surface area contributed by atoms with Gasteiger partial charge >= 0.3 is 0 Å². The first-order chi connectivity index (χ1) is 10.0. The van der Waals surface area contributed by atoms with Crippen LogP contribution in [0.15, 0.2) is 40.9 Å². The van der Waals surface area contributed by atoms with Crippen molar-refractivity contribution in [3.05, 3.63) is 66.7 Å². The highest BCUT2D eigenvalue weighted by Gasteiger charge is 2.15. The van der Waals surface area contributed by atoms with E-state index in [0.717, 1.165) is 17.4 Å². The van der Waals surface area contributed by atoms with Gasteiger partial charge in [0.2, 0.25) is 0 Å². The second-order valence-corrected chi connectivity index (χ2v) is 7.48. The van der Waals surface area contributed by atoms with Crippen LogP contribution in [0, 0.1) is 17.4 Å². The van der Waals surface area contributed by atoms with Gasteiger partial charge in [-0.3, -0.25) is 0 Å². The third-order valence-corrected chi connectivity index (χ3v) is 5.27. The largest absolute Gasteiger partial charge is 0.310 e. The summed E-state index contributed by atoms with van der Waals surface area (Å²) in [7, 11) is 0. The first kappa shape index (κ1) is 17.0. The quantitative estimate of drug-likeness (QED) is 0.579. The molecule has 0 saturated heterocycles. The van der Waals surface area contributed by atoms with Crippen LogP contribution in [0.25, 0.3) is 0 Å². The number of halogens is 2. The normalized spacial score (nSPS) is 12.4. The van der Waals surface area contributed by atoms with Gasteiger partial charge in [-0.05, 0) is 89.9 Å². The third-order valence-electron chi connectivity index (χ3n) is 3.80. The monoisotopic (exact) mass is 457 g/mol. The molecule has 0 saturated carbocycles. The SMILES string of the molecule is CCNC(Cc1ccc(C)c(C)c1)c1cc(Br)ccc1I. The molecular weight excluding hydrogens is 437 g/mol. The van der Waals surface area contributed by atoms with Crippen molar-refractivity contribution in [1.82, 2.24) is 5.32 Å². The Morgan fingerprint density at radius 3 is 2.52 bits per heavy atom. The lowest BCUT2D eigenvalue weighted by Crippen LogP contribution is -2.24. The van der Waals surface area contributed by atoms with E-state index in [-0.39, 0.29) is 0 Å². The molecule has 0 bridgehead atoms.